The molecule has 17 heavy (non-hydrogen) atoms. The Hall–Kier alpha value is -1.22. The lowest BCUT2D eigenvalue weighted by atomic mass is 9.89. The van der Waals surface area contributed by atoms with E-state index < -0.39 is 0 Å². The van der Waals surface area contributed by atoms with E-state index in [1.54, 1.807) is 18.2 Å². The lowest BCUT2D eigenvalue weighted by Gasteiger charge is -2.20. The number of rotatable bonds is 4. The molecule has 1 saturated carbocycles. The number of halogens is 1. The fraction of sp³-hybridized carbons (Fsp3) is 0.500. The zero-order valence-corrected chi connectivity index (χ0v) is 9.82. The van der Waals surface area contributed by atoms with Gasteiger partial charge in [0.05, 0.1) is 13.2 Å². The van der Waals surface area contributed by atoms with Crippen LogP contribution in [0.4, 0.5) is 4.39 Å². The third-order valence-electron chi connectivity index (χ3n) is 3.22. The van der Waals surface area contributed by atoms with Crippen LogP contribution in [0.5, 0.6) is 0 Å². The van der Waals surface area contributed by atoms with Crippen LogP contribution < -0.4 is 0 Å². The molecule has 2 nitrogen and oxygen atoms in total. The third kappa shape index (κ3) is 3.37. The average Bonchev–Trinajstić information content (AvgIpc) is 2.34. The highest BCUT2D eigenvalue weighted by Crippen LogP contribution is 2.21. The molecule has 1 aliphatic rings. The third-order valence-corrected chi connectivity index (χ3v) is 3.22. The Labute approximate surface area is 101 Å². The predicted octanol–water partition coefficient (Wildman–Crippen LogP) is 3.10. The van der Waals surface area contributed by atoms with Crippen molar-refractivity contribution < 1.29 is 13.9 Å². The second-order valence-corrected chi connectivity index (χ2v) is 4.52. The summed E-state index contributed by atoms with van der Waals surface area (Å²) in [6.07, 6.45) is 3.69. The van der Waals surface area contributed by atoms with Crippen molar-refractivity contribution in [2.45, 2.75) is 32.3 Å². The van der Waals surface area contributed by atoms with Crippen LogP contribution in [0.3, 0.4) is 0 Å². The van der Waals surface area contributed by atoms with Gasteiger partial charge in [-0.25, -0.2) is 4.39 Å². The summed E-state index contributed by atoms with van der Waals surface area (Å²) in [6, 6.07) is 6.57. The molecule has 0 bridgehead atoms. The van der Waals surface area contributed by atoms with E-state index in [0.717, 1.165) is 19.3 Å². The molecule has 1 aromatic rings. The van der Waals surface area contributed by atoms with Crippen LogP contribution in [0.25, 0.3) is 0 Å². The number of hydrogen-bond donors (Lipinski definition) is 0. The highest BCUT2D eigenvalue weighted by molar-refractivity contribution is 5.81. The molecule has 1 fully saturated rings. The lowest BCUT2D eigenvalue weighted by molar-refractivity contribution is -0.126. The molecular weight excluding hydrogens is 219 g/mol. The molecule has 0 spiro atoms. The van der Waals surface area contributed by atoms with E-state index >= 15 is 0 Å². The Balaban J connectivity index is 1.79. The van der Waals surface area contributed by atoms with Crippen molar-refractivity contribution in [1.82, 2.24) is 0 Å². The molecule has 0 aromatic heterocycles. The monoisotopic (exact) mass is 236 g/mol. The molecule has 1 aliphatic carbocycles. The van der Waals surface area contributed by atoms with E-state index in [9.17, 15) is 9.18 Å². The normalized spacial score (nSPS) is 20.5. The smallest absolute Gasteiger partial charge is 0.138 e. The molecule has 92 valence electrons. The summed E-state index contributed by atoms with van der Waals surface area (Å²) < 4.78 is 18.7. The molecule has 1 atom stereocenters. The van der Waals surface area contributed by atoms with Crippen molar-refractivity contribution in [3.05, 3.63) is 35.6 Å². The maximum absolute atomic E-state index is 13.3. The largest absolute Gasteiger partial charge is 0.376 e. The second-order valence-electron chi connectivity index (χ2n) is 4.52. The van der Waals surface area contributed by atoms with Crippen LogP contribution in [-0.2, 0) is 16.1 Å². The summed E-state index contributed by atoms with van der Waals surface area (Å²) in [5.74, 6) is 0.0720. The number of hydrogen-bond acceptors (Lipinski definition) is 2. The SMILES string of the molecule is O=C1CCCCC1COCc1ccccc1F. The van der Waals surface area contributed by atoms with Crippen molar-refractivity contribution in [2.75, 3.05) is 6.61 Å². The molecule has 2 rings (SSSR count). The zero-order chi connectivity index (χ0) is 12.1. The minimum Gasteiger partial charge on any atom is -0.376 e. The van der Waals surface area contributed by atoms with E-state index in [1.807, 2.05) is 0 Å². The Kier molecular flexibility index (Phi) is 4.26. The predicted molar refractivity (Wildman–Crippen MR) is 63.0 cm³/mol. The number of carbonyl (C=O) groups is 1. The standard InChI is InChI=1S/C14H17FO2/c15-13-7-3-1-5-11(13)9-17-10-12-6-2-4-8-14(12)16/h1,3,5,7,12H,2,4,6,8-10H2. The molecule has 0 aliphatic heterocycles. The molecule has 0 heterocycles. The summed E-state index contributed by atoms with van der Waals surface area (Å²) in [7, 11) is 0. The summed E-state index contributed by atoms with van der Waals surface area (Å²) in [4.78, 5) is 11.5. The molecule has 0 amide bonds. The van der Waals surface area contributed by atoms with Crippen LogP contribution in [0.2, 0.25) is 0 Å². The topological polar surface area (TPSA) is 26.3 Å². The van der Waals surface area contributed by atoms with Gasteiger partial charge in [-0.15, -0.1) is 0 Å². The Morgan fingerprint density at radius 2 is 2.12 bits per heavy atom. The highest BCUT2D eigenvalue weighted by atomic mass is 19.1. The zero-order valence-electron chi connectivity index (χ0n) is 9.82. The maximum Gasteiger partial charge on any atom is 0.138 e. The van der Waals surface area contributed by atoms with E-state index in [-0.39, 0.29) is 18.3 Å². The fourth-order valence-corrected chi connectivity index (χ4v) is 2.16. The Morgan fingerprint density at radius 3 is 2.88 bits per heavy atom. The van der Waals surface area contributed by atoms with Gasteiger partial charge in [-0.05, 0) is 18.9 Å². The molecule has 1 aromatic carbocycles. The van der Waals surface area contributed by atoms with Crippen molar-refractivity contribution in [3.63, 3.8) is 0 Å². The van der Waals surface area contributed by atoms with Crippen molar-refractivity contribution in [3.8, 4) is 0 Å². The van der Waals surface area contributed by atoms with Crippen molar-refractivity contribution in [2.24, 2.45) is 5.92 Å². The minimum atomic E-state index is -0.248. The van der Waals surface area contributed by atoms with Gasteiger partial charge in [0.25, 0.3) is 0 Å². The van der Waals surface area contributed by atoms with Gasteiger partial charge in [0.15, 0.2) is 0 Å². The minimum absolute atomic E-state index is 0.0236. The Morgan fingerprint density at radius 1 is 1.29 bits per heavy atom. The molecular formula is C14H17FO2. The molecule has 3 heteroatoms. The van der Waals surface area contributed by atoms with Gasteiger partial charge in [-0.1, -0.05) is 24.6 Å². The molecule has 0 radical (unpaired) electrons. The molecule has 0 saturated heterocycles. The summed E-state index contributed by atoms with van der Waals surface area (Å²) in [6.45, 7) is 0.670. The van der Waals surface area contributed by atoms with Crippen molar-refractivity contribution in [1.29, 1.82) is 0 Å². The first-order chi connectivity index (χ1) is 8.27. The average molecular weight is 236 g/mol. The Bertz CT molecular complexity index is 390. The van der Waals surface area contributed by atoms with Crippen LogP contribution in [0.15, 0.2) is 24.3 Å². The second kappa shape index (κ2) is 5.92. The van der Waals surface area contributed by atoms with E-state index in [1.165, 1.54) is 6.07 Å². The quantitative estimate of drug-likeness (QED) is 0.803. The summed E-state index contributed by atoms with van der Waals surface area (Å²) in [5, 5.41) is 0. The first-order valence-corrected chi connectivity index (χ1v) is 6.11. The lowest BCUT2D eigenvalue weighted by Crippen LogP contribution is -2.23. The van der Waals surface area contributed by atoms with E-state index in [2.05, 4.69) is 0 Å². The first kappa shape index (κ1) is 12.2. The highest BCUT2D eigenvalue weighted by Gasteiger charge is 2.22. The van der Waals surface area contributed by atoms with Crippen LogP contribution in [-0.4, -0.2) is 12.4 Å². The van der Waals surface area contributed by atoms with Gasteiger partial charge in [0, 0.05) is 17.9 Å². The number of carbonyl (C=O) groups excluding carboxylic acids is 1. The van der Waals surface area contributed by atoms with Gasteiger partial charge in [0.2, 0.25) is 0 Å². The van der Waals surface area contributed by atoms with Gasteiger partial charge in [0.1, 0.15) is 11.6 Å². The number of ether oxygens (including phenoxy) is 1. The maximum atomic E-state index is 13.3. The summed E-state index contributed by atoms with van der Waals surface area (Å²) >= 11 is 0. The summed E-state index contributed by atoms with van der Waals surface area (Å²) in [5.41, 5.74) is 0.552. The number of Topliss-reactive ketones (excluding diaryl/α,β-unsaturated/α-hetero) is 1. The van der Waals surface area contributed by atoms with E-state index in [0.29, 0.717) is 24.4 Å². The number of benzene rings is 1. The first-order valence-electron chi connectivity index (χ1n) is 6.11. The van der Waals surface area contributed by atoms with Gasteiger partial charge < -0.3 is 4.74 Å². The van der Waals surface area contributed by atoms with Crippen LogP contribution >= 0.6 is 0 Å². The molecule has 1 unspecified atom stereocenters. The van der Waals surface area contributed by atoms with Gasteiger partial charge in [-0.3, -0.25) is 4.79 Å². The van der Waals surface area contributed by atoms with E-state index in [4.69, 9.17) is 4.74 Å². The van der Waals surface area contributed by atoms with Gasteiger partial charge in [-0.2, -0.15) is 0 Å². The number of ketones is 1. The fourth-order valence-electron chi connectivity index (χ4n) is 2.16. The van der Waals surface area contributed by atoms with Crippen LogP contribution in [0.1, 0.15) is 31.2 Å². The van der Waals surface area contributed by atoms with Gasteiger partial charge >= 0.3 is 0 Å². The van der Waals surface area contributed by atoms with Crippen molar-refractivity contribution >= 4 is 5.78 Å². The van der Waals surface area contributed by atoms with Crippen LogP contribution in [0, 0.1) is 11.7 Å². The molecule has 0 N–H and O–H groups in total.